The Labute approximate surface area is 153 Å². The summed E-state index contributed by atoms with van der Waals surface area (Å²) in [6, 6.07) is 10.2. The minimum Gasteiger partial charge on any atom is -0.383 e. The molecule has 7 nitrogen and oxygen atoms in total. The molecule has 0 saturated carbocycles. The zero-order valence-electron chi connectivity index (χ0n) is 15.5. The topological polar surface area (TPSA) is 84.7 Å². The van der Waals surface area contributed by atoms with Gasteiger partial charge in [-0.05, 0) is 44.5 Å². The lowest BCUT2D eigenvalue weighted by Gasteiger charge is -2.10. The number of hydrogen-bond donors (Lipinski definition) is 2. The molecule has 0 aliphatic rings. The second kappa shape index (κ2) is 8.96. The second-order valence-corrected chi connectivity index (χ2v) is 5.95. The number of benzene rings is 1. The van der Waals surface area contributed by atoms with Gasteiger partial charge < -0.3 is 14.6 Å². The van der Waals surface area contributed by atoms with Gasteiger partial charge in [-0.25, -0.2) is 5.43 Å². The molecule has 1 aromatic heterocycles. The Bertz CT molecular complexity index is 824. The van der Waals surface area contributed by atoms with Gasteiger partial charge in [-0.3, -0.25) is 9.59 Å². The van der Waals surface area contributed by atoms with Crippen LogP contribution in [0.1, 0.15) is 22.5 Å². The Morgan fingerprint density at radius 2 is 1.96 bits per heavy atom. The van der Waals surface area contributed by atoms with Crippen molar-refractivity contribution in [3.05, 3.63) is 52.8 Å². The number of aryl methyl sites for hydroxylation is 2. The van der Waals surface area contributed by atoms with Crippen molar-refractivity contribution in [2.45, 2.75) is 20.8 Å². The average Bonchev–Trinajstić information content (AvgIpc) is 2.88. The maximum absolute atomic E-state index is 11.7. The number of methoxy groups -OCH3 is 1. The molecule has 0 fully saturated rings. The summed E-state index contributed by atoms with van der Waals surface area (Å²) in [6.07, 6.45) is 1.54. The Hall–Kier alpha value is -2.93. The molecule has 0 atom stereocenters. The molecule has 0 radical (unpaired) electrons. The number of aromatic nitrogens is 1. The first-order chi connectivity index (χ1) is 12.4. The van der Waals surface area contributed by atoms with E-state index in [0.717, 1.165) is 22.6 Å². The van der Waals surface area contributed by atoms with Gasteiger partial charge in [0.15, 0.2) is 0 Å². The van der Waals surface area contributed by atoms with E-state index < -0.39 is 11.8 Å². The number of nitrogens with zero attached hydrogens (tertiary/aromatic N) is 2. The van der Waals surface area contributed by atoms with Crippen molar-refractivity contribution < 1.29 is 14.3 Å². The zero-order chi connectivity index (χ0) is 19.1. The van der Waals surface area contributed by atoms with Crippen LogP contribution in [0.15, 0.2) is 35.4 Å². The van der Waals surface area contributed by atoms with Crippen molar-refractivity contribution in [2.24, 2.45) is 5.10 Å². The van der Waals surface area contributed by atoms with Gasteiger partial charge in [0.1, 0.15) is 0 Å². The standard InChI is InChI=1S/C19H24N4O3/c1-13-6-5-7-17(10-13)23-14(2)11-16(15(23)3)12-21-22-19(25)18(24)20-8-9-26-4/h5-7,10-12H,8-9H2,1-4H3,(H,20,24)(H,22,25)/b21-12-. The van der Waals surface area contributed by atoms with Gasteiger partial charge in [0.25, 0.3) is 0 Å². The van der Waals surface area contributed by atoms with E-state index in [1.165, 1.54) is 18.9 Å². The molecule has 0 saturated heterocycles. The largest absolute Gasteiger partial charge is 0.383 e. The normalized spacial score (nSPS) is 10.9. The lowest BCUT2D eigenvalue weighted by Crippen LogP contribution is -2.39. The Morgan fingerprint density at radius 3 is 2.65 bits per heavy atom. The Kier molecular flexibility index (Phi) is 6.68. The molecule has 1 aromatic carbocycles. The van der Waals surface area contributed by atoms with Crippen molar-refractivity contribution in [2.75, 3.05) is 20.3 Å². The van der Waals surface area contributed by atoms with Crippen LogP contribution in [0.2, 0.25) is 0 Å². The predicted molar refractivity (Wildman–Crippen MR) is 101 cm³/mol. The average molecular weight is 356 g/mol. The number of amides is 2. The van der Waals surface area contributed by atoms with Crippen LogP contribution in [-0.2, 0) is 14.3 Å². The minimum absolute atomic E-state index is 0.268. The number of carbonyl (C=O) groups excluding carboxylic acids is 2. The van der Waals surface area contributed by atoms with Gasteiger partial charge in [-0.15, -0.1) is 0 Å². The van der Waals surface area contributed by atoms with Gasteiger partial charge in [0.2, 0.25) is 0 Å². The Morgan fingerprint density at radius 1 is 1.19 bits per heavy atom. The smallest absolute Gasteiger partial charge is 0.329 e. The molecule has 0 spiro atoms. The fourth-order valence-electron chi connectivity index (χ4n) is 2.64. The molecule has 2 aromatic rings. The quantitative estimate of drug-likeness (QED) is 0.357. The summed E-state index contributed by atoms with van der Waals surface area (Å²) in [7, 11) is 1.52. The highest BCUT2D eigenvalue weighted by molar-refractivity contribution is 6.35. The summed E-state index contributed by atoms with van der Waals surface area (Å²) in [5, 5.41) is 6.32. The summed E-state index contributed by atoms with van der Waals surface area (Å²) in [4.78, 5) is 23.2. The molecule has 0 unspecified atom stereocenters. The van der Waals surface area contributed by atoms with E-state index in [2.05, 4.69) is 26.5 Å². The van der Waals surface area contributed by atoms with Crippen LogP contribution in [0.25, 0.3) is 5.69 Å². The molecule has 0 bridgehead atoms. The van der Waals surface area contributed by atoms with E-state index in [1.54, 1.807) is 0 Å². The van der Waals surface area contributed by atoms with Gasteiger partial charge in [-0.1, -0.05) is 12.1 Å². The molecule has 2 rings (SSSR count). The second-order valence-electron chi connectivity index (χ2n) is 5.95. The van der Waals surface area contributed by atoms with Crippen molar-refractivity contribution >= 4 is 18.0 Å². The SMILES string of the molecule is COCCNC(=O)C(=O)N/N=C\c1cc(C)n(-c2cccc(C)c2)c1C. The highest BCUT2D eigenvalue weighted by Crippen LogP contribution is 2.20. The van der Waals surface area contributed by atoms with E-state index in [9.17, 15) is 9.59 Å². The lowest BCUT2D eigenvalue weighted by molar-refractivity contribution is -0.139. The number of nitrogens with one attached hydrogen (secondary N) is 2. The maximum Gasteiger partial charge on any atom is 0.329 e. The van der Waals surface area contributed by atoms with Crippen molar-refractivity contribution in [3.63, 3.8) is 0 Å². The van der Waals surface area contributed by atoms with Crippen LogP contribution < -0.4 is 10.7 Å². The van der Waals surface area contributed by atoms with Crippen LogP contribution in [0.3, 0.4) is 0 Å². The monoisotopic (exact) mass is 356 g/mol. The zero-order valence-corrected chi connectivity index (χ0v) is 15.5. The molecular formula is C19H24N4O3. The molecule has 2 N–H and O–H groups in total. The first kappa shape index (κ1) is 19.4. The molecule has 138 valence electrons. The molecular weight excluding hydrogens is 332 g/mol. The van der Waals surface area contributed by atoms with E-state index in [4.69, 9.17) is 4.74 Å². The lowest BCUT2D eigenvalue weighted by atomic mass is 10.2. The first-order valence-electron chi connectivity index (χ1n) is 8.30. The summed E-state index contributed by atoms with van der Waals surface area (Å²) < 4.78 is 6.92. The summed E-state index contributed by atoms with van der Waals surface area (Å²) >= 11 is 0. The molecule has 0 aliphatic carbocycles. The van der Waals surface area contributed by atoms with Gasteiger partial charge in [0.05, 0.1) is 12.8 Å². The van der Waals surface area contributed by atoms with Gasteiger partial charge in [0, 0.05) is 36.3 Å². The van der Waals surface area contributed by atoms with Crippen LogP contribution in [0.4, 0.5) is 0 Å². The van der Waals surface area contributed by atoms with Gasteiger partial charge >= 0.3 is 11.8 Å². The number of hydrogen-bond acceptors (Lipinski definition) is 4. The van der Waals surface area contributed by atoms with E-state index in [-0.39, 0.29) is 6.54 Å². The van der Waals surface area contributed by atoms with E-state index in [0.29, 0.717) is 6.61 Å². The fourth-order valence-corrected chi connectivity index (χ4v) is 2.64. The van der Waals surface area contributed by atoms with Crippen LogP contribution in [0, 0.1) is 20.8 Å². The summed E-state index contributed by atoms with van der Waals surface area (Å²) in [5.41, 5.74) is 7.39. The van der Waals surface area contributed by atoms with E-state index in [1.807, 2.05) is 45.0 Å². The van der Waals surface area contributed by atoms with Crippen LogP contribution >= 0.6 is 0 Å². The highest BCUT2D eigenvalue weighted by Gasteiger charge is 2.12. The molecule has 0 aliphatic heterocycles. The third-order valence-corrected chi connectivity index (χ3v) is 3.90. The number of rotatable bonds is 6. The highest BCUT2D eigenvalue weighted by atomic mass is 16.5. The number of carbonyl (C=O) groups is 2. The molecule has 26 heavy (non-hydrogen) atoms. The van der Waals surface area contributed by atoms with Crippen LogP contribution in [0.5, 0.6) is 0 Å². The third kappa shape index (κ3) is 4.80. The molecule has 2 amide bonds. The summed E-state index contributed by atoms with van der Waals surface area (Å²) in [6.45, 7) is 6.65. The molecule has 1 heterocycles. The van der Waals surface area contributed by atoms with Crippen molar-refractivity contribution in [3.8, 4) is 5.69 Å². The van der Waals surface area contributed by atoms with Gasteiger partial charge in [-0.2, -0.15) is 5.10 Å². The number of ether oxygens (including phenoxy) is 1. The van der Waals surface area contributed by atoms with Crippen LogP contribution in [-0.4, -0.2) is 42.9 Å². The first-order valence-corrected chi connectivity index (χ1v) is 8.30. The fraction of sp³-hybridized carbons (Fsp3) is 0.316. The predicted octanol–water partition coefficient (Wildman–Crippen LogP) is 1.62. The van der Waals surface area contributed by atoms with Crippen molar-refractivity contribution in [1.29, 1.82) is 0 Å². The third-order valence-electron chi connectivity index (χ3n) is 3.90. The maximum atomic E-state index is 11.7. The van der Waals surface area contributed by atoms with Crippen molar-refractivity contribution in [1.82, 2.24) is 15.3 Å². The minimum atomic E-state index is -0.815. The summed E-state index contributed by atoms with van der Waals surface area (Å²) in [5.74, 6) is -1.56. The number of hydrazone groups is 1. The Balaban J connectivity index is 2.06. The van der Waals surface area contributed by atoms with E-state index >= 15 is 0 Å². The molecule has 7 heteroatoms.